The smallest absolute Gasteiger partial charge is 0.288 e. The molecule has 1 amide bonds. The van der Waals surface area contributed by atoms with E-state index in [0.29, 0.717) is 12.5 Å². The van der Waals surface area contributed by atoms with Gasteiger partial charge in [0.15, 0.2) is 0 Å². The maximum atomic E-state index is 12.3. The van der Waals surface area contributed by atoms with E-state index in [0.717, 1.165) is 38.2 Å². The number of nitro groups is 1. The topological polar surface area (TPSA) is 88.4 Å². The largest absolute Gasteiger partial charge is 0.352 e. The van der Waals surface area contributed by atoms with Crippen LogP contribution in [0.25, 0.3) is 0 Å². The Morgan fingerprint density at radius 1 is 1.30 bits per heavy atom. The zero-order valence-corrected chi connectivity index (χ0v) is 15.6. The summed E-state index contributed by atoms with van der Waals surface area (Å²) in [6.07, 6.45) is 3.79. The minimum absolute atomic E-state index is 0.0248. The molecule has 1 aromatic heterocycles. The maximum absolute atomic E-state index is 12.3. The van der Waals surface area contributed by atoms with Gasteiger partial charge in [-0.2, -0.15) is 0 Å². The fraction of sp³-hybridized carbons (Fsp3) is 0.368. The number of rotatable bonds is 6. The molecule has 27 heavy (non-hydrogen) atoms. The quantitative estimate of drug-likeness (QED) is 0.606. The van der Waals surface area contributed by atoms with E-state index in [1.807, 2.05) is 18.2 Å². The van der Waals surface area contributed by atoms with Gasteiger partial charge in [0, 0.05) is 30.9 Å². The summed E-state index contributed by atoms with van der Waals surface area (Å²) in [4.78, 5) is 29.4. The number of likely N-dealkylation sites (tertiary alicyclic amines) is 1. The van der Waals surface area contributed by atoms with Gasteiger partial charge >= 0.3 is 0 Å². The molecule has 0 spiro atoms. The summed E-state index contributed by atoms with van der Waals surface area (Å²) < 4.78 is 0. The predicted molar refractivity (Wildman–Crippen MR) is 103 cm³/mol. The van der Waals surface area contributed by atoms with E-state index >= 15 is 0 Å². The minimum atomic E-state index is -0.587. The summed E-state index contributed by atoms with van der Waals surface area (Å²) >= 11 is 5.78. The molecule has 1 N–H and O–H groups in total. The van der Waals surface area contributed by atoms with E-state index in [9.17, 15) is 14.9 Å². The number of aromatic nitrogens is 1. The number of piperidine rings is 1. The number of carbonyl (C=O) groups excluding carboxylic acids is 1. The summed E-state index contributed by atoms with van der Waals surface area (Å²) in [7, 11) is 0. The third-order valence-corrected chi connectivity index (χ3v) is 5.09. The number of benzene rings is 1. The molecule has 1 saturated heterocycles. The van der Waals surface area contributed by atoms with Crippen LogP contribution < -0.4 is 5.32 Å². The molecule has 1 aliphatic heterocycles. The van der Waals surface area contributed by atoms with Crippen molar-refractivity contribution >= 4 is 23.2 Å². The molecule has 3 rings (SSSR count). The van der Waals surface area contributed by atoms with Crippen LogP contribution in [0.15, 0.2) is 42.6 Å². The molecular formula is C19H21ClN4O3. The third-order valence-electron chi connectivity index (χ3n) is 4.78. The van der Waals surface area contributed by atoms with Gasteiger partial charge in [-0.15, -0.1) is 0 Å². The van der Waals surface area contributed by atoms with Crippen molar-refractivity contribution in [2.24, 2.45) is 5.92 Å². The fourth-order valence-electron chi connectivity index (χ4n) is 3.20. The highest BCUT2D eigenvalue weighted by Crippen LogP contribution is 2.25. The van der Waals surface area contributed by atoms with Crippen LogP contribution in [-0.4, -0.2) is 40.3 Å². The molecule has 1 fully saturated rings. The van der Waals surface area contributed by atoms with Gasteiger partial charge in [0.2, 0.25) is 0 Å². The highest BCUT2D eigenvalue weighted by Gasteiger charge is 2.21. The van der Waals surface area contributed by atoms with Crippen LogP contribution in [0.4, 0.5) is 5.69 Å². The summed E-state index contributed by atoms with van der Waals surface area (Å²) in [5.41, 5.74) is 1.06. The second-order valence-electron chi connectivity index (χ2n) is 6.67. The summed E-state index contributed by atoms with van der Waals surface area (Å²) in [5.74, 6) is 0.0851. The standard InChI is InChI=1S/C19H21ClN4O3/c20-17-5-4-15(11-18(17)24(26)27)19(25)22-12-14-6-9-23(10-7-14)13-16-3-1-2-8-21-16/h1-5,8,11,14H,6-7,9-10,12-13H2,(H,22,25). The summed E-state index contributed by atoms with van der Waals surface area (Å²) in [6, 6.07) is 10.0. The molecule has 2 aromatic rings. The highest BCUT2D eigenvalue weighted by atomic mass is 35.5. The lowest BCUT2D eigenvalue weighted by molar-refractivity contribution is -0.384. The lowest BCUT2D eigenvalue weighted by atomic mass is 9.96. The number of nitrogens with one attached hydrogen (secondary N) is 1. The number of hydrogen-bond acceptors (Lipinski definition) is 5. The van der Waals surface area contributed by atoms with Crippen LogP contribution in [-0.2, 0) is 6.54 Å². The number of nitro benzene ring substituents is 1. The van der Waals surface area contributed by atoms with Crippen molar-refractivity contribution < 1.29 is 9.72 Å². The Morgan fingerprint density at radius 3 is 2.74 bits per heavy atom. The van der Waals surface area contributed by atoms with Gasteiger partial charge in [-0.3, -0.25) is 24.8 Å². The van der Waals surface area contributed by atoms with Crippen molar-refractivity contribution in [3.05, 3.63) is 69.0 Å². The maximum Gasteiger partial charge on any atom is 0.288 e. The van der Waals surface area contributed by atoms with Gasteiger partial charge in [-0.1, -0.05) is 17.7 Å². The number of nitrogens with zero attached hydrogens (tertiary/aromatic N) is 3. The van der Waals surface area contributed by atoms with Gasteiger partial charge in [-0.05, 0) is 56.1 Å². The first-order chi connectivity index (χ1) is 13.0. The average molecular weight is 389 g/mol. The van der Waals surface area contributed by atoms with E-state index in [2.05, 4.69) is 15.2 Å². The first-order valence-corrected chi connectivity index (χ1v) is 9.25. The van der Waals surface area contributed by atoms with Crippen LogP contribution >= 0.6 is 11.6 Å². The Labute approximate surface area is 162 Å². The molecule has 0 bridgehead atoms. The van der Waals surface area contributed by atoms with E-state index in [1.54, 1.807) is 6.20 Å². The van der Waals surface area contributed by atoms with E-state index in [1.165, 1.54) is 18.2 Å². The SMILES string of the molecule is O=C(NCC1CCN(Cc2ccccn2)CC1)c1ccc(Cl)c([N+](=O)[O-])c1. The average Bonchev–Trinajstić information content (AvgIpc) is 2.68. The normalized spacial score (nSPS) is 15.4. The van der Waals surface area contributed by atoms with Gasteiger partial charge in [0.1, 0.15) is 5.02 Å². The van der Waals surface area contributed by atoms with Crippen LogP contribution in [0.1, 0.15) is 28.9 Å². The fourth-order valence-corrected chi connectivity index (χ4v) is 3.39. The molecule has 0 atom stereocenters. The van der Waals surface area contributed by atoms with E-state index in [-0.39, 0.29) is 22.2 Å². The second kappa shape index (κ2) is 8.92. The molecule has 8 heteroatoms. The Balaban J connectivity index is 1.46. The number of halogens is 1. The third kappa shape index (κ3) is 5.24. The molecule has 1 aliphatic rings. The molecule has 0 radical (unpaired) electrons. The van der Waals surface area contributed by atoms with Crippen molar-refractivity contribution in [3.63, 3.8) is 0 Å². The second-order valence-corrected chi connectivity index (χ2v) is 7.08. The Bertz CT molecular complexity index is 808. The first-order valence-electron chi connectivity index (χ1n) is 8.87. The number of carbonyl (C=O) groups is 1. The van der Waals surface area contributed by atoms with Crippen molar-refractivity contribution in [1.29, 1.82) is 0 Å². The molecule has 1 aromatic carbocycles. The van der Waals surface area contributed by atoms with Crippen LogP contribution in [0.2, 0.25) is 5.02 Å². The van der Waals surface area contributed by atoms with Crippen molar-refractivity contribution in [2.45, 2.75) is 19.4 Å². The van der Waals surface area contributed by atoms with Crippen molar-refractivity contribution in [3.8, 4) is 0 Å². The van der Waals surface area contributed by atoms with Crippen LogP contribution in [0.5, 0.6) is 0 Å². The van der Waals surface area contributed by atoms with Gasteiger partial charge in [0.25, 0.3) is 11.6 Å². The lowest BCUT2D eigenvalue weighted by Crippen LogP contribution is -2.38. The lowest BCUT2D eigenvalue weighted by Gasteiger charge is -2.31. The van der Waals surface area contributed by atoms with Gasteiger partial charge < -0.3 is 5.32 Å². The minimum Gasteiger partial charge on any atom is -0.352 e. The molecule has 2 heterocycles. The number of pyridine rings is 1. The Kier molecular flexibility index (Phi) is 6.36. The van der Waals surface area contributed by atoms with Crippen LogP contribution in [0, 0.1) is 16.0 Å². The van der Waals surface area contributed by atoms with Gasteiger partial charge in [-0.25, -0.2) is 0 Å². The van der Waals surface area contributed by atoms with Crippen LogP contribution in [0.3, 0.4) is 0 Å². The summed E-state index contributed by atoms with van der Waals surface area (Å²) in [5, 5.41) is 13.9. The highest BCUT2D eigenvalue weighted by molar-refractivity contribution is 6.32. The van der Waals surface area contributed by atoms with Gasteiger partial charge in [0.05, 0.1) is 10.6 Å². The monoisotopic (exact) mass is 388 g/mol. The predicted octanol–water partition coefficient (Wildman–Crippen LogP) is 3.29. The molecule has 7 nitrogen and oxygen atoms in total. The number of hydrogen-bond donors (Lipinski definition) is 1. The summed E-state index contributed by atoms with van der Waals surface area (Å²) in [6.45, 7) is 3.33. The zero-order chi connectivity index (χ0) is 19.2. The molecule has 0 aliphatic carbocycles. The Hall–Kier alpha value is -2.51. The Morgan fingerprint density at radius 2 is 2.07 bits per heavy atom. The van der Waals surface area contributed by atoms with E-state index in [4.69, 9.17) is 11.6 Å². The van der Waals surface area contributed by atoms with Crippen molar-refractivity contribution in [2.75, 3.05) is 19.6 Å². The van der Waals surface area contributed by atoms with E-state index < -0.39 is 4.92 Å². The molecule has 0 saturated carbocycles. The molecule has 142 valence electrons. The zero-order valence-electron chi connectivity index (χ0n) is 14.8. The molecule has 0 unspecified atom stereocenters. The number of amides is 1. The van der Waals surface area contributed by atoms with Crippen molar-refractivity contribution in [1.82, 2.24) is 15.2 Å². The molecular weight excluding hydrogens is 368 g/mol. The first kappa shape index (κ1) is 19.3.